The number of benzene rings is 3. The van der Waals surface area contributed by atoms with Gasteiger partial charge in [0.2, 0.25) is 0 Å². The molecule has 0 aliphatic heterocycles. The van der Waals surface area contributed by atoms with Crippen LogP contribution in [0, 0.1) is 6.92 Å². The molecule has 0 saturated heterocycles. The molecule has 5 nitrogen and oxygen atoms in total. The number of esters is 1. The summed E-state index contributed by atoms with van der Waals surface area (Å²) in [6.07, 6.45) is 3.04. The number of nitrogens with zero attached hydrogens (tertiary/aromatic N) is 2. The number of fused-ring (bicyclic) bond motifs is 1. The maximum atomic E-state index is 11.2. The third kappa shape index (κ3) is 5.45. The van der Waals surface area contributed by atoms with Crippen LogP contribution >= 0.6 is 15.9 Å². The van der Waals surface area contributed by atoms with Crippen LogP contribution in [0.1, 0.15) is 31.2 Å². The van der Waals surface area contributed by atoms with Crippen molar-refractivity contribution in [3.8, 4) is 22.8 Å². The molecular weight excluding hydrogens is 480 g/mol. The number of hydrogen-bond donors (Lipinski definition) is 0. The molecule has 4 aromatic rings. The molecule has 0 fully saturated rings. The lowest BCUT2D eigenvalue weighted by atomic mass is 10.2. The molecule has 0 amide bonds. The molecule has 0 spiro atoms. The van der Waals surface area contributed by atoms with E-state index >= 15 is 0 Å². The van der Waals surface area contributed by atoms with Gasteiger partial charge in [0.15, 0.2) is 0 Å². The highest BCUT2D eigenvalue weighted by atomic mass is 79.9. The fraction of sp³-hybridized carbons (Fsp3) is 0.259. The van der Waals surface area contributed by atoms with Crippen molar-refractivity contribution in [1.82, 2.24) is 9.55 Å². The Balaban J connectivity index is 1.64. The predicted molar refractivity (Wildman–Crippen MR) is 135 cm³/mol. The smallest absolute Gasteiger partial charge is 0.305 e. The Hall–Kier alpha value is -3.12. The highest BCUT2D eigenvalue weighted by Crippen LogP contribution is 2.35. The first-order chi connectivity index (χ1) is 16.1. The first-order valence-electron chi connectivity index (χ1n) is 11.1. The van der Waals surface area contributed by atoms with Crippen LogP contribution in [0.25, 0.3) is 28.1 Å². The van der Waals surface area contributed by atoms with Gasteiger partial charge in [-0.1, -0.05) is 48.0 Å². The van der Waals surface area contributed by atoms with Gasteiger partial charge in [-0.15, -0.1) is 0 Å². The summed E-state index contributed by atoms with van der Waals surface area (Å²) in [6, 6.07) is 22.7. The SMILES string of the molecule is COC(=O)CCCCCOc1cc(Br)c2nc(-c3ccccc3)n(-c3ccc(C)cc3)c2c1. The van der Waals surface area contributed by atoms with Gasteiger partial charge < -0.3 is 9.47 Å². The second kappa shape index (κ2) is 10.7. The Labute approximate surface area is 202 Å². The number of ether oxygens (including phenoxy) is 2. The quantitative estimate of drug-likeness (QED) is 0.183. The van der Waals surface area contributed by atoms with Gasteiger partial charge in [0.25, 0.3) is 0 Å². The number of carbonyl (C=O) groups excluding carboxylic acids is 1. The third-order valence-electron chi connectivity index (χ3n) is 5.53. The molecule has 3 aromatic carbocycles. The lowest BCUT2D eigenvalue weighted by molar-refractivity contribution is -0.140. The van der Waals surface area contributed by atoms with Crippen molar-refractivity contribution in [3.63, 3.8) is 0 Å². The lowest BCUT2D eigenvalue weighted by Gasteiger charge is -2.11. The molecule has 0 saturated carbocycles. The Morgan fingerprint density at radius 2 is 1.76 bits per heavy atom. The van der Waals surface area contributed by atoms with Crippen molar-refractivity contribution >= 4 is 32.9 Å². The summed E-state index contributed by atoms with van der Waals surface area (Å²) in [5.74, 6) is 1.51. The highest BCUT2D eigenvalue weighted by Gasteiger charge is 2.17. The summed E-state index contributed by atoms with van der Waals surface area (Å²) in [5, 5.41) is 0. The standard InChI is InChI=1S/C27H27BrN2O3/c1-19-12-14-21(15-13-19)30-24-18-22(33-16-8-4-7-11-25(31)32-2)17-23(28)26(24)29-27(30)20-9-5-3-6-10-20/h3,5-6,9-10,12-15,17-18H,4,7-8,11,16H2,1-2H3. The minimum absolute atomic E-state index is 0.163. The number of hydrogen-bond acceptors (Lipinski definition) is 4. The van der Waals surface area contributed by atoms with Crippen LogP contribution in [-0.4, -0.2) is 29.2 Å². The molecule has 1 aromatic heterocycles. The van der Waals surface area contributed by atoms with E-state index < -0.39 is 0 Å². The Kier molecular flexibility index (Phi) is 7.45. The van der Waals surface area contributed by atoms with Crippen molar-refractivity contribution in [2.75, 3.05) is 13.7 Å². The molecule has 33 heavy (non-hydrogen) atoms. The number of aryl methyl sites for hydroxylation is 1. The summed E-state index contributed by atoms with van der Waals surface area (Å²) < 4.78 is 13.8. The number of rotatable bonds is 9. The van der Waals surface area contributed by atoms with Gasteiger partial charge >= 0.3 is 5.97 Å². The summed E-state index contributed by atoms with van der Waals surface area (Å²) >= 11 is 3.70. The first-order valence-corrected chi connectivity index (χ1v) is 11.9. The average molecular weight is 507 g/mol. The number of carbonyl (C=O) groups is 1. The molecule has 1 heterocycles. The maximum Gasteiger partial charge on any atom is 0.305 e. The molecule has 0 unspecified atom stereocenters. The van der Waals surface area contributed by atoms with Crippen LogP contribution < -0.4 is 4.74 Å². The van der Waals surface area contributed by atoms with Crippen molar-refractivity contribution in [3.05, 3.63) is 76.8 Å². The molecular formula is C27H27BrN2O3. The molecule has 0 bridgehead atoms. The van der Waals surface area contributed by atoms with E-state index in [9.17, 15) is 4.79 Å². The van der Waals surface area contributed by atoms with E-state index in [1.54, 1.807) is 0 Å². The largest absolute Gasteiger partial charge is 0.493 e. The molecule has 0 aliphatic carbocycles. The minimum Gasteiger partial charge on any atom is -0.493 e. The minimum atomic E-state index is -0.163. The first kappa shape index (κ1) is 23.1. The number of halogens is 1. The van der Waals surface area contributed by atoms with Gasteiger partial charge in [-0.25, -0.2) is 4.98 Å². The molecule has 0 radical (unpaired) electrons. The lowest BCUT2D eigenvalue weighted by Crippen LogP contribution is -2.01. The van der Waals surface area contributed by atoms with Crippen molar-refractivity contribution in [1.29, 1.82) is 0 Å². The third-order valence-corrected chi connectivity index (χ3v) is 6.14. The van der Waals surface area contributed by atoms with Crippen LogP contribution in [0.2, 0.25) is 0 Å². The molecule has 0 N–H and O–H groups in total. The number of unbranched alkanes of at least 4 members (excludes halogenated alkanes) is 2. The van der Waals surface area contributed by atoms with Crippen LogP contribution in [0.15, 0.2) is 71.2 Å². The van der Waals surface area contributed by atoms with Crippen LogP contribution in [0.5, 0.6) is 5.75 Å². The number of aromatic nitrogens is 2. The van der Waals surface area contributed by atoms with E-state index in [1.165, 1.54) is 12.7 Å². The van der Waals surface area contributed by atoms with E-state index in [4.69, 9.17) is 9.72 Å². The molecule has 170 valence electrons. The van der Waals surface area contributed by atoms with Crippen LogP contribution in [-0.2, 0) is 9.53 Å². The second-order valence-electron chi connectivity index (χ2n) is 7.98. The molecule has 6 heteroatoms. The summed E-state index contributed by atoms with van der Waals surface area (Å²) in [6.45, 7) is 2.67. The fourth-order valence-corrected chi connectivity index (χ4v) is 4.29. The van der Waals surface area contributed by atoms with E-state index in [0.29, 0.717) is 13.0 Å². The summed E-state index contributed by atoms with van der Waals surface area (Å²) in [7, 11) is 1.42. The molecule has 0 atom stereocenters. The van der Waals surface area contributed by atoms with Crippen molar-refractivity contribution in [2.24, 2.45) is 0 Å². The fourth-order valence-electron chi connectivity index (χ4n) is 3.77. The van der Waals surface area contributed by atoms with E-state index in [0.717, 1.165) is 57.6 Å². The van der Waals surface area contributed by atoms with E-state index in [2.05, 4.69) is 68.6 Å². The topological polar surface area (TPSA) is 53.4 Å². The summed E-state index contributed by atoms with van der Waals surface area (Å²) in [5.41, 5.74) is 5.18. The normalized spacial score (nSPS) is 11.0. The van der Waals surface area contributed by atoms with Crippen LogP contribution in [0.4, 0.5) is 0 Å². The Morgan fingerprint density at radius 3 is 2.48 bits per heavy atom. The van der Waals surface area contributed by atoms with Gasteiger partial charge in [-0.2, -0.15) is 0 Å². The zero-order chi connectivity index (χ0) is 23.2. The Bertz CT molecular complexity index is 1230. The Morgan fingerprint density at radius 1 is 1.00 bits per heavy atom. The van der Waals surface area contributed by atoms with Crippen LogP contribution in [0.3, 0.4) is 0 Å². The van der Waals surface area contributed by atoms with Crippen molar-refractivity contribution in [2.45, 2.75) is 32.6 Å². The molecule has 4 rings (SSSR count). The number of methoxy groups -OCH3 is 1. The van der Waals surface area contributed by atoms with Gasteiger partial charge in [0, 0.05) is 28.2 Å². The monoisotopic (exact) mass is 506 g/mol. The van der Waals surface area contributed by atoms with Gasteiger partial charge in [0.05, 0.1) is 19.2 Å². The van der Waals surface area contributed by atoms with E-state index in [1.807, 2.05) is 30.3 Å². The van der Waals surface area contributed by atoms with Gasteiger partial charge in [0.1, 0.15) is 17.1 Å². The van der Waals surface area contributed by atoms with Crippen molar-refractivity contribution < 1.29 is 14.3 Å². The van der Waals surface area contributed by atoms with E-state index in [-0.39, 0.29) is 5.97 Å². The number of imidazole rings is 1. The highest BCUT2D eigenvalue weighted by molar-refractivity contribution is 9.10. The predicted octanol–water partition coefficient (Wildman–Crippen LogP) is 6.88. The molecule has 0 aliphatic rings. The average Bonchev–Trinajstić information content (AvgIpc) is 3.22. The zero-order valence-electron chi connectivity index (χ0n) is 18.9. The second-order valence-corrected chi connectivity index (χ2v) is 8.83. The zero-order valence-corrected chi connectivity index (χ0v) is 20.5. The van der Waals surface area contributed by atoms with Gasteiger partial charge in [-0.05, 0) is 60.3 Å². The van der Waals surface area contributed by atoms with Gasteiger partial charge in [-0.3, -0.25) is 9.36 Å². The maximum absolute atomic E-state index is 11.2. The summed E-state index contributed by atoms with van der Waals surface area (Å²) in [4.78, 5) is 16.2.